The lowest BCUT2D eigenvalue weighted by atomic mass is 10.1. The zero-order valence-corrected chi connectivity index (χ0v) is 11.3. The van der Waals surface area contributed by atoms with Crippen LogP contribution in [-0.4, -0.2) is 36.0 Å². The molecule has 0 bridgehead atoms. The first-order chi connectivity index (χ1) is 8.95. The van der Waals surface area contributed by atoms with Crippen LogP contribution in [0.4, 0.5) is 4.39 Å². The Morgan fingerprint density at radius 3 is 2.63 bits per heavy atom. The summed E-state index contributed by atoms with van der Waals surface area (Å²) in [5.74, 6) is -0.813. The van der Waals surface area contributed by atoms with Crippen molar-refractivity contribution in [1.29, 1.82) is 0 Å². The summed E-state index contributed by atoms with van der Waals surface area (Å²) < 4.78 is 13.8. The monoisotopic (exact) mass is 265 g/mol. The molecule has 3 N–H and O–H groups in total. The van der Waals surface area contributed by atoms with Crippen LogP contribution in [0.15, 0.2) is 18.2 Å². The van der Waals surface area contributed by atoms with Crippen LogP contribution in [0.25, 0.3) is 0 Å². The van der Waals surface area contributed by atoms with Crippen LogP contribution in [0.2, 0.25) is 0 Å². The van der Waals surface area contributed by atoms with E-state index < -0.39 is 5.91 Å². The Kier molecular flexibility index (Phi) is 4.17. The minimum absolute atomic E-state index is 0.288. The van der Waals surface area contributed by atoms with E-state index in [1.54, 1.807) is 6.07 Å². The van der Waals surface area contributed by atoms with E-state index >= 15 is 0 Å². The second kappa shape index (κ2) is 5.67. The predicted octanol–water partition coefficient (Wildman–Crippen LogP) is 1.11. The van der Waals surface area contributed by atoms with Crippen LogP contribution in [0.3, 0.4) is 0 Å². The van der Waals surface area contributed by atoms with Crippen LogP contribution >= 0.6 is 0 Å². The van der Waals surface area contributed by atoms with Crippen molar-refractivity contribution in [3.8, 4) is 0 Å². The van der Waals surface area contributed by atoms with Gasteiger partial charge in [-0.2, -0.15) is 0 Å². The Labute approximate surface area is 112 Å². The van der Waals surface area contributed by atoms with Gasteiger partial charge < -0.3 is 11.1 Å². The second-order valence-corrected chi connectivity index (χ2v) is 5.33. The van der Waals surface area contributed by atoms with E-state index in [2.05, 4.69) is 24.1 Å². The molecule has 1 saturated heterocycles. The van der Waals surface area contributed by atoms with E-state index in [1.165, 1.54) is 12.1 Å². The minimum Gasteiger partial charge on any atom is -0.366 e. The van der Waals surface area contributed by atoms with E-state index in [1.807, 2.05) is 0 Å². The summed E-state index contributed by atoms with van der Waals surface area (Å²) in [4.78, 5) is 13.3. The maximum atomic E-state index is 13.8. The highest BCUT2D eigenvalue weighted by molar-refractivity contribution is 5.92. The SMILES string of the molecule is CC1CN(Cc2cc(C(N)=O)ccc2F)CC(C)N1. The molecule has 104 valence electrons. The van der Waals surface area contributed by atoms with Gasteiger partial charge in [0.15, 0.2) is 0 Å². The number of hydrogen-bond acceptors (Lipinski definition) is 3. The lowest BCUT2D eigenvalue weighted by molar-refractivity contribution is 0.1000. The van der Waals surface area contributed by atoms with Crippen LogP contribution in [0.1, 0.15) is 29.8 Å². The summed E-state index contributed by atoms with van der Waals surface area (Å²) in [6.45, 7) is 6.45. The number of halogens is 1. The van der Waals surface area contributed by atoms with Gasteiger partial charge >= 0.3 is 0 Å². The zero-order valence-electron chi connectivity index (χ0n) is 11.3. The molecule has 19 heavy (non-hydrogen) atoms. The summed E-state index contributed by atoms with van der Waals surface area (Å²) >= 11 is 0. The smallest absolute Gasteiger partial charge is 0.248 e. The van der Waals surface area contributed by atoms with E-state index in [9.17, 15) is 9.18 Å². The van der Waals surface area contributed by atoms with Gasteiger partial charge in [-0.05, 0) is 32.0 Å². The van der Waals surface area contributed by atoms with Gasteiger partial charge in [-0.25, -0.2) is 4.39 Å². The number of rotatable bonds is 3. The summed E-state index contributed by atoms with van der Waals surface area (Å²) in [6, 6.07) is 5.04. The van der Waals surface area contributed by atoms with Gasteiger partial charge in [-0.15, -0.1) is 0 Å². The van der Waals surface area contributed by atoms with Crippen LogP contribution in [0.5, 0.6) is 0 Å². The van der Waals surface area contributed by atoms with E-state index in [-0.39, 0.29) is 5.82 Å². The van der Waals surface area contributed by atoms with Crippen LogP contribution < -0.4 is 11.1 Å². The number of nitrogens with one attached hydrogen (secondary N) is 1. The van der Waals surface area contributed by atoms with Gasteiger partial charge in [-0.3, -0.25) is 9.69 Å². The van der Waals surface area contributed by atoms with Crippen molar-refractivity contribution in [2.24, 2.45) is 5.73 Å². The molecule has 2 atom stereocenters. The summed E-state index contributed by atoms with van der Waals surface area (Å²) in [6.07, 6.45) is 0. The largest absolute Gasteiger partial charge is 0.366 e. The first-order valence-electron chi connectivity index (χ1n) is 6.52. The van der Waals surface area contributed by atoms with Gasteiger partial charge in [0, 0.05) is 42.8 Å². The third kappa shape index (κ3) is 3.52. The standard InChI is InChI=1S/C14H20FN3O/c1-9-6-18(7-10(2)17-9)8-12-5-11(14(16)19)3-4-13(12)15/h3-5,9-10,17H,6-8H2,1-2H3,(H2,16,19). The summed E-state index contributed by atoms with van der Waals surface area (Å²) in [5.41, 5.74) is 6.10. The molecule has 1 amide bonds. The molecular formula is C14H20FN3O. The Hall–Kier alpha value is -1.46. The van der Waals surface area contributed by atoms with Gasteiger partial charge in [0.25, 0.3) is 0 Å². The number of carbonyl (C=O) groups excluding carboxylic acids is 1. The molecule has 1 heterocycles. The minimum atomic E-state index is -0.525. The van der Waals surface area contributed by atoms with Crippen molar-refractivity contribution in [2.75, 3.05) is 13.1 Å². The van der Waals surface area contributed by atoms with Gasteiger partial charge in [0.2, 0.25) is 5.91 Å². The Bertz CT molecular complexity index is 468. The molecule has 0 aliphatic carbocycles. The van der Waals surface area contributed by atoms with Gasteiger partial charge in [-0.1, -0.05) is 0 Å². The van der Waals surface area contributed by atoms with Crippen molar-refractivity contribution in [2.45, 2.75) is 32.5 Å². The summed E-state index contributed by atoms with van der Waals surface area (Å²) in [7, 11) is 0. The molecule has 1 aromatic rings. The van der Waals surface area contributed by atoms with Gasteiger partial charge in [0.05, 0.1) is 0 Å². The summed E-state index contributed by atoms with van der Waals surface area (Å²) in [5, 5.41) is 3.43. The molecular weight excluding hydrogens is 245 g/mol. The molecule has 2 rings (SSSR count). The lowest BCUT2D eigenvalue weighted by Gasteiger charge is -2.36. The molecule has 0 aromatic heterocycles. The Morgan fingerprint density at radius 1 is 1.42 bits per heavy atom. The fourth-order valence-electron chi connectivity index (χ4n) is 2.66. The number of carbonyl (C=O) groups is 1. The normalized spacial score (nSPS) is 24.4. The Balaban J connectivity index is 2.13. The maximum absolute atomic E-state index is 13.8. The molecule has 0 spiro atoms. The molecule has 4 nitrogen and oxygen atoms in total. The molecule has 5 heteroatoms. The van der Waals surface area contributed by atoms with Crippen molar-refractivity contribution in [1.82, 2.24) is 10.2 Å². The maximum Gasteiger partial charge on any atom is 0.248 e. The fourth-order valence-corrected chi connectivity index (χ4v) is 2.66. The third-order valence-electron chi connectivity index (χ3n) is 3.36. The average molecular weight is 265 g/mol. The van der Waals surface area contributed by atoms with Crippen molar-refractivity contribution in [3.63, 3.8) is 0 Å². The number of hydrogen-bond donors (Lipinski definition) is 2. The molecule has 0 radical (unpaired) electrons. The number of benzene rings is 1. The average Bonchev–Trinajstić information content (AvgIpc) is 2.30. The van der Waals surface area contributed by atoms with Crippen LogP contribution in [-0.2, 0) is 6.54 Å². The number of nitrogens with zero attached hydrogens (tertiary/aromatic N) is 1. The van der Waals surface area contributed by atoms with Crippen molar-refractivity contribution < 1.29 is 9.18 Å². The quantitative estimate of drug-likeness (QED) is 0.860. The zero-order chi connectivity index (χ0) is 14.0. The molecule has 1 aliphatic rings. The molecule has 2 unspecified atom stereocenters. The molecule has 0 saturated carbocycles. The highest BCUT2D eigenvalue weighted by Crippen LogP contribution is 2.15. The third-order valence-corrected chi connectivity index (χ3v) is 3.36. The van der Waals surface area contributed by atoms with Crippen molar-refractivity contribution in [3.05, 3.63) is 35.1 Å². The fraction of sp³-hybridized carbons (Fsp3) is 0.500. The number of amides is 1. The first kappa shape index (κ1) is 14.0. The highest BCUT2D eigenvalue weighted by atomic mass is 19.1. The van der Waals surface area contributed by atoms with E-state index in [4.69, 9.17) is 5.73 Å². The van der Waals surface area contributed by atoms with E-state index in [0.717, 1.165) is 13.1 Å². The van der Waals surface area contributed by atoms with E-state index in [0.29, 0.717) is 29.8 Å². The first-order valence-corrected chi connectivity index (χ1v) is 6.52. The van der Waals surface area contributed by atoms with Crippen LogP contribution in [0, 0.1) is 5.82 Å². The Morgan fingerprint density at radius 2 is 2.05 bits per heavy atom. The second-order valence-electron chi connectivity index (χ2n) is 5.33. The number of nitrogens with two attached hydrogens (primary N) is 1. The molecule has 1 aromatic carbocycles. The lowest BCUT2D eigenvalue weighted by Crippen LogP contribution is -2.53. The number of primary amides is 1. The van der Waals surface area contributed by atoms with Crippen molar-refractivity contribution >= 4 is 5.91 Å². The molecule has 1 aliphatic heterocycles. The highest BCUT2D eigenvalue weighted by Gasteiger charge is 2.21. The predicted molar refractivity (Wildman–Crippen MR) is 72.3 cm³/mol. The molecule has 1 fully saturated rings. The topological polar surface area (TPSA) is 58.4 Å². The number of piperazine rings is 1. The van der Waals surface area contributed by atoms with Gasteiger partial charge in [0.1, 0.15) is 5.82 Å².